The Morgan fingerprint density at radius 3 is 2.63 bits per heavy atom. The molecule has 0 bridgehead atoms. The molecule has 0 saturated carbocycles. The molecule has 2 aromatic rings. The molecular formula is C21H27N3O3. The minimum Gasteiger partial charge on any atom is -0.383 e. The molecule has 3 N–H and O–H groups in total. The first kappa shape index (κ1) is 20.5. The van der Waals surface area contributed by atoms with Crippen LogP contribution in [0, 0.1) is 6.92 Å². The third-order valence-electron chi connectivity index (χ3n) is 4.17. The molecule has 0 heterocycles. The van der Waals surface area contributed by atoms with Crippen LogP contribution in [0.5, 0.6) is 0 Å². The van der Waals surface area contributed by atoms with Gasteiger partial charge in [-0.2, -0.15) is 0 Å². The van der Waals surface area contributed by atoms with E-state index < -0.39 is 0 Å². The summed E-state index contributed by atoms with van der Waals surface area (Å²) in [4.78, 5) is 24.4. The van der Waals surface area contributed by atoms with E-state index in [0.29, 0.717) is 24.4 Å². The van der Waals surface area contributed by atoms with Gasteiger partial charge in [0, 0.05) is 30.6 Å². The standard InChI is InChI=1S/C21H27N3O3/c1-4-16-8-5-7-15(2)20(16)23-14-19(25)24-18-10-6-9-17(13-18)21(26)22-11-12-27-3/h5-10,13,23H,4,11-12,14H2,1-3H3,(H,22,26)(H,24,25). The van der Waals surface area contributed by atoms with Crippen molar-refractivity contribution >= 4 is 23.2 Å². The summed E-state index contributed by atoms with van der Waals surface area (Å²) in [6.45, 7) is 5.15. The fourth-order valence-electron chi connectivity index (χ4n) is 2.76. The number of rotatable bonds is 9. The lowest BCUT2D eigenvalue weighted by Gasteiger charge is -2.14. The summed E-state index contributed by atoms with van der Waals surface area (Å²) in [5.41, 5.74) is 4.36. The van der Waals surface area contributed by atoms with Crippen molar-refractivity contribution in [3.63, 3.8) is 0 Å². The van der Waals surface area contributed by atoms with Crippen LogP contribution in [0.3, 0.4) is 0 Å². The molecule has 0 aromatic heterocycles. The van der Waals surface area contributed by atoms with Gasteiger partial charge in [-0.15, -0.1) is 0 Å². The Morgan fingerprint density at radius 2 is 1.89 bits per heavy atom. The summed E-state index contributed by atoms with van der Waals surface area (Å²) in [7, 11) is 1.58. The molecule has 0 fully saturated rings. The number of methoxy groups -OCH3 is 1. The highest BCUT2D eigenvalue weighted by molar-refractivity contribution is 5.98. The van der Waals surface area contributed by atoms with E-state index in [9.17, 15) is 9.59 Å². The van der Waals surface area contributed by atoms with Crippen LogP contribution < -0.4 is 16.0 Å². The fraction of sp³-hybridized carbons (Fsp3) is 0.333. The minimum atomic E-state index is -0.200. The van der Waals surface area contributed by atoms with E-state index >= 15 is 0 Å². The molecule has 0 aliphatic heterocycles. The largest absolute Gasteiger partial charge is 0.383 e. The van der Waals surface area contributed by atoms with Gasteiger partial charge in [0.05, 0.1) is 13.2 Å². The maximum atomic E-state index is 12.3. The first-order chi connectivity index (χ1) is 13.0. The van der Waals surface area contributed by atoms with Crippen molar-refractivity contribution in [3.8, 4) is 0 Å². The third kappa shape index (κ3) is 6.11. The zero-order valence-electron chi connectivity index (χ0n) is 16.1. The average Bonchev–Trinajstić information content (AvgIpc) is 2.67. The van der Waals surface area contributed by atoms with E-state index in [2.05, 4.69) is 28.9 Å². The van der Waals surface area contributed by atoms with E-state index in [1.54, 1.807) is 31.4 Å². The number of aryl methyl sites for hydroxylation is 2. The Balaban J connectivity index is 1.94. The van der Waals surface area contributed by atoms with Crippen LogP contribution in [-0.4, -0.2) is 38.6 Å². The molecule has 6 heteroatoms. The molecule has 0 saturated heterocycles. The first-order valence-corrected chi connectivity index (χ1v) is 9.04. The molecule has 2 amide bonds. The molecule has 6 nitrogen and oxygen atoms in total. The highest BCUT2D eigenvalue weighted by atomic mass is 16.5. The van der Waals surface area contributed by atoms with Gasteiger partial charge in [-0.05, 0) is 42.7 Å². The van der Waals surface area contributed by atoms with Gasteiger partial charge in [0.1, 0.15) is 0 Å². The lowest BCUT2D eigenvalue weighted by Crippen LogP contribution is -2.27. The number of carbonyl (C=O) groups excluding carboxylic acids is 2. The Labute approximate surface area is 160 Å². The van der Waals surface area contributed by atoms with Gasteiger partial charge in [-0.3, -0.25) is 9.59 Å². The number of anilines is 2. The zero-order chi connectivity index (χ0) is 19.6. The first-order valence-electron chi connectivity index (χ1n) is 9.04. The molecule has 0 aliphatic rings. The lowest BCUT2D eigenvalue weighted by molar-refractivity contribution is -0.114. The maximum Gasteiger partial charge on any atom is 0.251 e. The number of carbonyl (C=O) groups is 2. The smallest absolute Gasteiger partial charge is 0.251 e. The maximum absolute atomic E-state index is 12.3. The molecule has 2 rings (SSSR count). The number of benzene rings is 2. The molecule has 2 aromatic carbocycles. The summed E-state index contributed by atoms with van der Waals surface area (Å²) >= 11 is 0. The summed E-state index contributed by atoms with van der Waals surface area (Å²) in [5.74, 6) is -0.369. The van der Waals surface area contributed by atoms with Crippen LogP contribution in [0.15, 0.2) is 42.5 Å². The lowest BCUT2D eigenvalue weighted by atomic mass is 10.1. The van der Waals surface area contributed by atoms with Crippen molar-refractivity contribution in [1.82, 2.24) is 5.32 Å². The van der Waals surface area contributed by atoms with E-state index in [1.807, 2.05) is 19.1 Å². The van der Waals surface area contributed by atoms with Gasteiger partial charge in [0.15, 0.2) is 0 Å². The van der Waals surface area contributed by atoms with Crippen molar-refractivity contribution in [2.45, 2.75) is 20.3 Å². The molecule has 0 unspecified atom stereocenters. The van der Waals surface area contributed by atoms with Gasteiger partial charge in [-0.1, -0.05) is 31.2 Å². The number of nitrogens with one attached hydrogen (secondary N) is 3. The molecule has 0 spiro atoms. The Kier molecular flexibility index (Phi) is 7.82. The predicted octanol–water partition coefficient (Wildman–Crippen LogP) is 2.98. The topological polar surface area (TPSA) is 79.5 Å². The number of hydrogen-bond acceptors (Lipinski definition) is 4. The number of amides is 2. The third-order valence-corrected chi connectivity index (χ3v) is 4.17. The van der Waals surface area contributed by atoms with Crippen LogP contribution in [-0.2, 0) is 16.0 Å². The van der Waals surface area contributed by atoms with Crippen molar-refractivity contribution < 1.29 is 14.3 Å². The zero-order valence-corrected chi connectivity index (χ0v) is 16.1. The molecule has 0 atom stereocenters. The van der Waals surface area contributed by atoms with Crippen LogP contribution in [0.4, 0.5) is 11.4 Å². The van der Waals surface area contributed by atoms with Gasteiger partial charge < -0.3 is 20.7 Å². The summed E-state index contributed by atoms with van der Waals surface area (Å²) in [6.07, 6.45) is 0.895. The summed E-state index contributed by atoms with van der Waals surface area (Å²) < 4.78 is 4.91. The molecule has 27 heavy (non-hydrogen) atoms. The second kappa shape index (κ2) is 10.3. The second-order valence-corrected chi connectivity index (χ2v) is 6.19. The quantitative estimate of drug-likeness (QED) is 0.594. The van der Waals surface area contributed by atoms with E-state index in [-0.39, 0.29) is 18.4 Å². The number of ether oxygens (including phenoxy) is 1. The molecule has 0 aliphatic carbocycles. The Bertz CT molecular complexity index is 790. The van der Waals surface area contributed by atoms with Crippen molar-refractivity contribution in [2.75, 3.05) is 37.4 Å². The monoisotopic (exact) mass is 369 g/mol. The normalized spacial score (nSPS) is 10.3. The number of hydrogen-bond donors (Lipinski definition) is 3. The van der Waals surface area contributed by atoms with Crippen LogP contribution in [0.2, 0.25) is 0 Å². The SMILES string of the molecule is CCc1cccc(C)c1NCC(=O)Nc1cccc(C(=O)NCCOC)c1. The van der Waals surface area contributed by atoms with Crippen molar-refractivity contribution in [1.29, 1.82) is 0 Å². The van der Waals surface area contributed by atoms with Crippen LogP contribution in [0.1, 0.15) is 28.4 Å². The van der Waals surface area contributed by atoms with Crippen molar-refractivity contribution in [2.24, 2.45) is 0 Å². The van der Waals surface area contributed by atoms with Gasteiger partial charge in [-0.25, -0.2) is 0 Å². The van der Waals surface area contributed by atoms with E-state index in [4.69, 9.17) is 4.74 Å². The summed E-state index contributed by atoms with van der Waals surface area (Å²) in [6, 6.07) is 13.0. The van der Waals surface area contributed by atoms with Crippen LogP contribution >= 0.6 is 0 Å². The molecular weight excluding hydrogens is 342 g/mol. The molecule has 0 radical (unpaired) electrons. The highest BCUT2D eigenvalue weighted by Gasteiger charge is 2.09. The Hall–Kier alpha value is -2.86. The molecule has 144 valence electrons. The Morgan fingerprint density at radius 1 is 1.11 bits per heavy atom. The number of para-hydroxylation sites is 1. The van der Waals surface area contributed by atoms with Gasteiger partial charge >= 0.3 is 0 Å². The minimum absolute atomic E-state index is 0.155. The fourth-order valence-corrected chi connectivity index (χ4v) is 2.76. The highest BCUT2D eigenvalue weighted by Crippen LogP contribution is 2.20. The average molecular weight is 369 g/mol. The van der Waals surface area contributed by atoms with Crippen LogP contribution in [0.25, 0.3) is 0 Å². The van der Waals surface area contributed by atoms with E-state index in [1.165, 1.54) is 5.56 Å². The predicted molar refractivity (Wildman–Crippen MR) is 108 cm³/mol. The van der Waals surface area contributed by atoms with Crippen molar-refractivity contribution in [3.05, 3.63) is 59.2 Å². The summed E-state index contributed by atoms with van der Waals surface area (Å²) in [5, 5.41) is 8.80. The van der Waals surface area contributed by atoms with Gasteiger partial charge in [0.25, 0.3) is 5.91 Å². The van der Waals surface area contributed by atoms with Gasteiger partial charge in [0.2, 0.25) is 5.91 Å². The van der Waals surface area contributed by atoms with E-state index in [0.717, 1.165) is 17.7 Å². The second-order valence-electron chi connectivity index (χ2n) is 6.19.